The molecular weight excluding hydrogens is 296 g/mol. The zero-order valence-electron chi connectivity index (χ0n) is 9.69. The molecule has 1 aromatic carbocycles. The summed E-state index contributed by atoms with van der Waals surface area (Å²) in [4.78, 5) is 3.62. The van der Waals surface area contributed by atoms with Crippen LogP contribution >= 0.6 is 27.3 Å². The molecule has 0 aliphatic rings. The molecule has 0 atom stereocenters. The molecule has 0 radical (unpaired) electrons. The molecule has 0 spiro atoms. The van der Waals surface area contributed by atoms with E-state index < -0.39 is 0 Å². The molecule has 4 heteroatoms. The Kier molecular flexibility index (Phi) is 4.20. The molecular formula is C13H15BrN2S. The number of nitrogen functional groups attached to an aromatic ring is 1. The normalized spacial score (nSPS) is 11.0. The fraction of sp³-hybridized carbons (Fsp3) is 0.231. The van der Waals surface area contributed by atoms with Gasteiger partial charge in [-0.1, -0.05) is 18.2 Å². The van der Waals surface area contributed by atoms with Crippen molar-refractivity contribution < 1.29 is 0 Å². The molecule has 17 heavy (non-hydrogen) atoms. The average molecular weight is 311 g/mol. The zero-order valence-corrected chi connectivity index (χ0v) is 12.1. The number of anilines is 1. The van der Waals surface area contributed by atoms with Crippen molar-refractivity contribution in [2.45, 2.75) is 13.1 Å². The number of benzene rings is 1. The Morgan fingerprint density at radius 1 is 1.24 bits per heavy atom. The fourth-order valence-corrected chi connectivity index (χ4v) is 3.26. The maximum Gasteiger partial charge on any atom is 0.0359 e. The molecule has 0 bridgehead atoms. The van der Waals surface area contributed by atoms with Crippen LogP contribution in [-0.4, -0.2) is 11.9 Å². The largest absolute Gasteiger partial charge is 0.398 e. The van der Waals surface area contributed by atoms with Gasteiger partial charge in [-0.05, 0) is 46.1 Å². The minimum Gasteiger partial charge on any atom is -0.398 e. The second-order valence-corrected chi connectivity index (χ2v) is 5.92. The summed E-state index contributed by atoms with van der Waals surface area (Å²) in [5.41, 5.74) is 7.99. The van der Waals surface area contributed by atoms with Crippen LogP contribution in [0.25, 0.3) is 0 Å². The highest BCUT2D eigenvalue weighted by Gasteiger charge is 2.07. The fourth-order valence-electron chi connectivity index (χ4n) is 1.71. The number of hydrogen-bond acceptors (Lipinski definition) is 3. The molecule has 0 saturated heterocycles. The third kappa shape index (κ3) is 3.31. The Hall–Kier alpha value is -0.840. The van der Waals surface area contributed by atoms with E-state index >= 15 is 0 Å². The molecule has 0 unspecified atom stereocenters. The Morgan fingerprint density at radius 2 is 2.00 bits per heavy atom. The van der Waals surface area contributed by atoms with E-state index in [0.29, 0.717) is 0 Å². The molecule has 2 nitrogen and oxygen atoms in total. The molecule has 0 saturated carbocycles. The molecule has 2 rings (SSSR count). The Bertz CT molecular complexity index is 496. The minimum atomic E-state index is 0.865. The quantitative estimate of drug-likeness (QED) is 0.872. The Labute approximate surface area is 114 Å². The van der Waals surface area contributed by atoms with Crippen LogP contribution in [0.4, 0.5) is 5.69 Å². The second-order valence-electron chi connectivity index (χ2n) is 4.06. The van der Waals surface area contributed by atoms with Crippen LogP contribution in [0.15, 0.2) is 40.2 Å². The predicted octanol–water partition coefficient (Wildman–Crippen LogP) is 3.72. The van der Waals surface area contributed by atoms with E-state index in [4.69, 9.17) is 5.73 Å². The molecule has 2 aromatic rings. The standard InChI is InChI=1S/C13H15BrN2S/c1-16(9-13-11(14)6-7-17-13)8-10-4-2-3-5-12(10)15/h2-7H,8-9,15H2,1H3. The SMILES string of the molecule is CN(Cc1ccccc1N)Cc1sccc1Br. The van der Waals surface area contributed by atoms with Gasteiger partial charge in [-0.25, -0.2) is 0 Å². The summed E-state index contributed by atoms with van der Waals surface area (Å²) in [7, 11) is 2.11. The van der Waals surface area contributed by atoms with Crippen molar-refractivity contribution in [2.75, 3.05) is 12.8 Å². The van der Waals surface area contributed by atoms with E-state index in [2.05, 4.69) is 45.4 Å². The van der Waals surface area contributed by atoms with Gasteiger partial charge in [-0.3, -0.25) is 4.90 Å². The lowest BCUT2D eigenvalue weighted by atomic mass is 10.2. The third-order valence-corrected chi connectivity index (χ3v) is 4.51. The highest BCUT2D eigenvalue weighted by molar-refractivity contribution is 9.10. The number of nitrogens with two attached hydrogens (primary N) is 1. The minimum absolute atomic E-state index is 0.865. The lowest BCUT2D eigenvalue weighted by molar-refractivity contribution is 0.322. The van der Waals surface area contributed by atoms with Gasteiger partial charge in [-0.15, -0.1) is 11.3 Å². The summed E-state index contributed by atoms with van der Waals surface area (Å²) in [6.07, 6.45) is 0. The van der Waals surface area contributed by atoms with E-state index in [-0.39, 0.29) is 0 Å². The van der Waals surface area contributed by atoms with Crippen molar-refractivity contribution in [3.05, 3.63) is 50.6 Å². The number of para-hydroxylation sites is 1. The van der Waals surface area contributed by atoms with Crippen LogP contribution in [0.1, 0.15) is 10.4 Å². The number of rotatable bonds is 4. The molecule has 0 aliphatic carbocycles. The van der Waals surface area contributed by atoms with Gasteiger partial charge in [-0.2, -0.15) is 0 Å². The van der Waals surface area contributed by atoms with Crippen molar-refractivity contribution in [3.63, 3.8) is 0 Å². The van der Waals surface area contributed by atoms with Crippen LogP contribution in [0.2, 0.25) is 0 Å². The zero-order chi connectivity index (χ0) is 12.3. The van der Waals surface area contributed by atoms with Crippen LogP contribution in [0.3, 0.4) is 0 Å². The van der Waals surface area contributed by atoms with Crippen molar-refractivity contribution in [1.82, 2.24) is 4.90 Å². The molecule has 0 aliphatic heterocycles. The van der Waals surface area contributed by atoms with E-state index in [9.17, 15) is 0 Å². The summed E-state index contributed by atoms with van der Waals surface area (Å²) in [6, 6.07) is 10.1. The summed E-state index contributed by atoms with van der Waals surface area (Å²) in [6.45, 7) is 1.81. The number of hydrogen-bond donors (Lipinski definition) is 1. The highest BCUT2D eigenvalue weighted by Crippen LogP contribution is 2.24. The van der Waals surface area contributed by atoms with Gasteiger partial charge < -0.3 is 5.73 Å². The first-order valence-electron chi connectivity index (χ1n) is 5.40. The lowest BCUT2D eigenvalue weighted by Crippen LogP contribution is -2.17. The molecule has 0 amide bonds. The average Bonchev–Trinajstić information content (AvgIpc) is 2.68. The van der Waals surface area contributed by atoms with Crippen LogP contribution in [-0.2, 0) is 13.1 Å². The number of thiophene rings is 1. The first-order valence-corrected chi connectivity index (χ1v) is 7.08. The Balaban J connectivity index is 2.01. The van der Waals surface area contributed by atoms with Gasteiger partial charge in [0.2, 0.25) is 0 Å². The summed E-state index contributed by atoms with van der Waals surface area (Å²) >= 11 is 5.33. The summed E-state index contributed by atoms with van der Waals surface area (Å²) in [5, 5.41) is 2.10. The third-order valence-electron chi connectivity index (χ3n) is 2.60. The Morgan fingerprint density at radius 3 is 2.65 bits per heavy atom. The predicted molar refractivity (Wildman–Crippen MR) is 78.0 cm³/mol. The van der Waals surface area contributed by atoms with E-state index in [1.807, 2.05) is 18.2 Å². The maximum atomic E-state index is 5.94. The van der Waals surface area contributed by atoms with Gasteiger partial charge in [0.1, 0.15) is 0 Å². The van der Waals surface area contributed by atoms with E-state index in [1.165, 1.54) is 14.9 Å². The molecule has 1 aromatic heterocycles. The first-order chi connectivity index (χ1) is 8.16. The summed E-state index contributed by atoms with van der Waals surface area (Å²) in [5.74, 6) is 0. The smallest absolute Gasteiger partial charge is 0.0359 e. The van der Waals surface area contributed by atoms with Gasteiger partial charge in [0.15, 0.2) is 0 Å². The molecule has 1 heterocycles. The maximum absolute atomic E-state index is 5.94. The first kappa shape index (κ1) is 12.6. The summed E-state index contributed by atoms with van der Waals surface area (Å²) < 4.78 is 1.19. The highest BCUT2D eigenvalue weighted by atomic mass is 79.9. The van der Waals surface area contributed by atoms with Gasteiger partial charge in [0.25, 0.3) is 0 Å². The van der Waals surface area contributed by atoms with E-state index in [1.54, 1.807) is 11.3 Å². The topological polar surface area (TPSA) is 29.3 Å². The van der Waals surface area contributed by atoms with Crippen molar-refractivity contribution in [1.29, 1.82) is 0 Å². The van der Waals surface area contributed by atoms with Gasteiger partial charge in [0, 0.05) is 28.1 Å². The molecule has 90 valence electrons. The number of nitrogens with zero attached hydrogens (tertiary/aromatic N) is 1. The number of halogens is 1. The van der Waals surface area contributed by atoms with Crippen molar-refractivity contribution in [2.24, 2.45) is 0 Å². The van der Waals surface area contributed by atoms with Crippen LogP contribution < -0.4 is 5.73 Å². The van der Waals surface area contributed by atoms with E-state index in [0.717, 1.165) is 18.8 Å². The molecule has 2 N–H and O–H groups in total. The lowest BCUT2D eigenvalue weighted by Gasteiger charge is -2.17. The van der Waals surface area contributed by atoms with Gasteiger partial charge >= 0.3 is 0 Å². The second kappa shape index (κ2) is 5.67. The monoisotopic (exact) mass is 310 g/mol. The van der Waals surface area contributed by atoms with Crippen LogP contribution in [0, 0.1) is 0 Å². The van der Waals surface area contributed by atoms with Crippen molar-refractivity contribution >= 4 is 33.0 Å². The van der Waals surface area contributed by atoms with Crippen LogP contribution in [0.5, 0.6) is 0 Å². The van der Waals surface area contributed by atoms with Crippen molar-refractivity contribution in [3.8, 4) is 0 Å². The molecule has 0 fully saturated rings. The van der Waals surface area contributed by atoms with Gasteiger partial charge in [0.05, 0.1) is 0 Å².